The van der Waals surface area contributed by atoms with Crippen molar-refractivity contribution in [1.29, 1.82) is 0 Å². The highest BCUT2D eigenvalue weighted by atomic mass is 32.2. The summed E-state index contributed by atoms with van der Waals surface area (Å²) in [6.07, 6.45) is 5.83. The van der Waals surface area contributed by atoms with Gasteiger partial charge in [0.15, 0.2) is 9.84 Å². The zero-order valence-electron chi connectivity index (χ0n) is 13.1. The Morgan fingerprint density at radius 3 is 1.52 bits per heavy atom. The maximum atomic E-state index is 12.4. The molecule has 1 fully saturated rings. The van der Waals surface area contributed by atoms with Gasteiger partial charge >= 0.3 is 0 Å². The van der Waals surface area contributed by atoms with Gasteiger partial charge in [-0.15, -0.1) is 0 Å². The van der Waals surface area contributed by atoms with Gasteiger partial charge < -0.3 is 0 Å². The van der Waals surface area contributed by atoms with Crippen molar-refractivity contribution in [2.45, 2.75) is 62.9 Å². The molecule has 1 aliphatic heterocycles. The molecular formula is C14H28O4S3. The molecule has 0 unspecified atom stereocenters. The monoisotopic (exact) mass is 356 g/mol. The first-order valence-electron chi connectivity index (χ1n) is 7.86. The van der Waals surface area contributed by atoms with E-state index in [2.05, 4.69) is 13.8 Å². The maximum Gasteiger partial charge on any atom is 0.152 e. The van der Waals surface area contributed by atoms with E-state index in [1.807, 2.05) is 0 Å². The molecule has 1 heterocycles. The standard InChI is InChI=1S/C14H28O4S3/c1-3-5-7-9-19(15)13-11-21(17,18)12-14(13)20(16)10-8-6-4-2/h13-14H,3-12H2,1-2H3/t13-,14+,19+,20-. The fraction of sp³-hybridized carbons (Fsp3) is 1.00. The summed E-state index contributed by atoms with van der Waals surface area (Å²) in [6, 6.07) is 0. The Morgan fingerprint density at radius 1 is 0.810 bits per heavy atom. The Morgan fingerprint density at radius 2 is 1.19 bits per heavy atom. The van der Waals surface area contributed by atoms with Gasteiger partial charge in [0.05, 0.1) is 22.0 Å². The molecule has 4 atom stereocenters. The average molecular weight is 357 g/mol. The van der Waals surface area contributed by atoms with Crippen molar-refractivity contribution in [3.63, 3.8) is 0 Å². The van der Waals surface area contributed by atoms with Gasteiger partial charge in [-0.05, 0) is 12.8 Å². The lowest BCUT2D eigenvalue weighted by molar-refractivity contribution is 0.602. The quantitative estimate of drug-likeness (QED) is 0.562. The molecule has 0 radical (unpaired) electrons. The Kier molecular flexibility index (Phi) is 8.64. The Bertz CT molecular complexity index is 423. The summed E-state index contributed by atoms with van der Waals surface area (Å²) in [5.74, 6) is 0.985. The van der Waals surface area contributed by atoms with E-state index >= 15 is 0 Å². The van der Waals surface area contributed by atoms with E-state index in [1.54, 1.807) is 0 Å². The van der Waals surface area contributed by atoms with Gasteiger partial charge in [0.25, 0.3) is 0 Å². The summed E-state index contributed by atoms with van der Waals surface area (Å²) in [4.78, 5) is 0. The summed E-state index contributed by atoms with van der Waals surface area (Å²) < 4.78 is 48.4. The van der Waals surface area contributed by atoms with E-state index in [-0.39, 0.29) is 11.5 Å². The van der Waals surface area contributed by atoms with Crippen LogP contribution in [0.25, 0.3) is 0 Å². The van der Waals surface area contributed by atoms with Gasteiger partial charge in [-0.3, -0.25) is 8.42 Å². The summed E-state index contributed by atoms with van der Waals surface area (Å²) in [5, 5.41) is -0.844. The van der Waals surface area contributed by atoms with Crippen molar-refractivity contribution < 1.29 is 16.8 Å². The van der Waals surface area contributed by atoms with Gasteiger partial charge in [0, 0.05) is 33.1 Å². The zero-order chi connectivity index (χ0) is 15.9. The maximum absolute atomic E-state index is 12.4. The highest BCUT2D eigenvalue weighted by Crippen LogP contribution is 2.24. The van der Waals surface area contributed by atoms with E-state index in [1.165, 1.54) is 0 Å². The molecule has 0 bridgehead atoms. The minimum Gasteiger partial charge on any atom is -0.259 e. The van der Waals surface area contributed by atoms with Crippen LogP contribution in [0.15, 0.2) is 0 Å². The van der Waals surface area contributed by atoms with E-state index in [4.69, 9.17) is 0 Å². The first-order valence-corrected chi connectivity index (χ1v) is 12.4. The molecule has 0 aromatic rings. The van der Waals surface area contributed by atoms with Crippen molar-refractivity contribution in [3.8, 4) is 0 Å². The number of rotatable bonds is 10. The molecule has 0 N–H and O–H groups in total. The molecule has 1 saturated heterocycles. The third kappa shape index (κ3) is 6.48. The molecule has 0 spiro atoms. The highest BCUT2D eigenvalue weighted by molar-refractivity contribution is 7.97. The van der Waals surface area contributed by atoms with Crippen LogP contribution in [0.1, 0.15) is 52.4 Å². The third-order valence-electron chi connectivity index (χ3n) is 3.82. The Labute approximate surface area is 134 Å². The molecular weight excluding hydrogens is 328 g/mol. The van der Waals surface area contributed by atoms with Gasteiger partial charge in [0.2, 0.25) is 0 Å². The second kappa shape index (κ2) is 9.40. The lowest BCUT2D eigenvalue weighted by Gasteiger charge is -2.17. The SMILES string of the molecule is CCCCC[S@@](=O)[C@H]1CS(=O)(=O)C[C@H]1[S@@](=O)CCCCC. The van der Waals surface area contributed by atoms with Gasteiger partial charge in [-0.1, -0.05) is 39.5 Å². The molecule has 1 rings (SSSR count). The van der Waals surface area contributed by atoms with Crippen LogP contribution >= 0.6 is 0 Å². The fourth-order valence-electron chi connectivity index (χ4n) is 2.56. The van der Waals surface area contributed by atoms with Crippen LogP contribution in [0.2, 0.25) is 0 Å². The fourth-order valence-corrected chi connectivity index (χ4v) is 10.1. The van der Waals surface area contributed by atoms with Crippen LogP contribution in [0.5, 0.6) is 0 Å². The van der Waals surface area contributed by atoms with Crippen molar-refractivity contribution in [2.75, 3.05) is 23.0 Å². The molecule has 126 valence electrons. The number of hydrogen-bond acceptors (Lipinski definition) is 4. The number of unbranched alkanes of at least 4 members (excludes halogenated alkanes) is 4. The van der Waals surface area contributed by atoms with Crippen molar-refractivity contribution in [2.24, 2.45) is 0 Å². The lowest BCUT2D eigenvalue weighted by Crippen LogP contribution is -2.34. The van der Waals surface area contributed by atoms with Crippen molar-refractivity contribution in [3.05, 3.63) is 0 Å². The normalized spacial score (nSPS) is 27.5. The second-order valence-corrected chi connectivity index (χ2v) is 11.4. The van der Waals surface area contributed by atoms with Crippen LogP contribution < -0.4 is 0 Å². The first kappa shape index (κ1) is 19.3. The molecule has 0 aromatic carbocycles. The van der Waals surface area contributed by atoms with Crippen LogP contribution in [0.4, 0.5) is 0 Å². The molecule has 1 aliphatic rings. The van der Waals surface area contributed by atoms with E-state index in [0.717, 1.165) is 38.5 Å². The van der Waals surface area contributed by atoms with Gasteiger partial charge in [-0.2, -0.15) is 0 Å². The average Bonchev–Trinajstić information content (AvgIpc) is 2.75. The Balaban J connectivity index is 2.65. The lowest BCUT2D eigenvalue weighted by atomic mass is 10.3. The molecule has 4 nitrogen and oxygen atoms in total. The minimum absolute atomic E-state index is 0.0457. The zero-order valence-corrected chi connectivity index (χ0v) is 15.5. The molecule has 0 amide bonds. The van der Waals surface area contributed by atoms with Crippen molar-refractivity contribution in [1.82, 2.24) is 0 Å². The molecule has 0 saturated carbocycles. The van der Waals surface area contributed by atoms with Gasteiger partial charge in [-0.25, -0.2) is 8.42 Å². The van der Waals surface area contributed by atoms with E-state index in [0.29, 0.717) is 11.5 Å². The van der Waals surface area contributed by atoms with Crippen LogP contribution in [0.3, 0.4) is 0 Å². The van der Waals surface area contributed by atoms with E-state index < -0.39 is 41.9 Å². The predicted molar refractivity (Wildman–Crippen MR) is 91.3 cm³/mol. The number of sulfone groups is 1. The first-order chi connectivity index (χ1) is 9.91. The van der Waals surface area contributed by atoms with E-state index in [9.17, 15) is 16.8 Å². The molecule has 0 aromatic heterocycles. The summed E-state index contributed by atoms with van der Waals surface area (Å²) in [5.41, 5.74) is 0. The van der Waals surface area contributed by atoms with Crippen LogP contribution in [0, 0.1) is 0 Å². The molecule has 21 heavy (non-hydrogen) atoms. The third-order valence-corrected chi connectivity index (χ3v) is 9.88. The van der Waals surface area contributed by atoms with Crippen LogP contribution in [-0.4, -0.2) is 50.3 Å². The minimum atomic E-state index is -3.18. The number of hydrogen-bond donors (Lipinski definition) is 0. The molecule has 7 heteroatoms. The molecule has 0 aliphatic carbocycles. The predicted octanol–water partition coefficient (Wildman–Crippen LogP) is 2.03. The highest BCUT2D eigenvalue weighted by Gasteiger charge is 2.43. The summed E-state index contributed by atoms with van der Waals surface area (Å²) in [6.45, 7) is 4.16. The largest absolute Gasteiger partial charge is 0.259 e. The Hall–Kier alpha value is 0.250. The second-order valence-electron chi connectivity index (χ2n) is 5.74. The van der Waals surface area contributed by atoms with Crippen molar-refractivity contribution >= 4 is 31.4 Å². The summed E-state index contributed by atoms with van der Waals surface area (Å²) >= 11 is 0. The van der Waals surface area contributed by atoms with Gasteiger partial charge in [0.1, 0.15) is 0 Å². The van der Waals surface area contributed by atoms with Crippen LogP contribution in [-0.2, 0) is 31.4 Å². The topological polar surface area (TPSA) is 68.3 Å². The smallest absolute Gasteiger partial charge is 0.152 e. The summed E-state index contributed by atoms with van der Waals surface area (Å²) in [7, 11) is -5.53.